The number of hydrogen-bond donors (Lipinski definition) is 0. The molecule has 2 aliphatic rings. The zero-order chi connectivity index (χ0) is 26.2. The van der Waals surface area contributed by atoms with Crippen molar-refractivity contribution in [1.29, 1.82) is 0 Å². The normalized spacial score (nSPS) is 17.6. The Morgan fingerprint density at radius 1 is 1.14 bits per heavy atom. The molecule has 1 amide bonds. The van der Waals surface area contributed by atoms with E-state index < -0.39 is 10.0 Å². The fraction of sp³-hybridized carbons (Fsp3) is 0.393. The Bertz CT molecular complexity index is 1380. The van der Waals surface area contributed by atoms with Crippen LogP contribution in [0, 0.1) is 19.8 Å². The highest BCUT2D eigenvalue weighted by Gasteiger charge is 2.37. The minimum Gasteiger partial charge on any atom is -0.491 e. The van der Waals surface area contributed by atoms with Gasteiger partial charge in [-0.15, -0.1) is 11.3 Å². The third-order valence-electron chi connectivity index (χ3n) is 7.08. The van der Waals surface area contributed by atoms with Crippen LogP contribution in [0.25, 0.3) is 0 Å². The van der Waals surface area contributed by atoms with Crippen molar-refractivity contribution in [3.8, 4) is 5.75 Å². The van der Waals surface area contributed by atoms with Gasteiger partial charge >= 0.3 is 0 Å². The summed E-state index contributed by atoms with van der Waals surface area (Å²) in [6.45, 7) is 4.84. The molecule has 9 heteroatoms. The molecule has 1 saturated carbocycles. The molecule has 0 saturated heterocycles. The fourth-order valence-electron chi connectivity index (χ4n) is 4.69. The van der Waals surface area contributed by atoms with Gasteiger partial charge in [-0.25, -0.2) is 8.42 Å². The number of sulfonamides is 1. The second-order valence-electron chi connectivity index (χ2n) is 9.93. The van der Waals surface area contributed by atoms with Gasteiger partial charge in [0.2, 0.25) is 15.9 Å². The van der Waals surface area contributed by atoms with Crippen LogP contribution >= 0.6 is 22.9 Å². The predicted molar refractivity (Wildman–Crippen MR) is 147 cm³/mol. The Labute approximate surface area is 227 Å². The van der Waals surface area contributed by atoms with Gasteiger partial charge in [-0.2, -0.15) is 4.31 Å². The molecule has 6 nitrogen and oxygen atoms in total. The van der Waals surface area contributed by atoms with Crippen molar-refractivity contribution < 1.29 is 17.9 Å². The number of thiophene rings is 1. The van der Waals surface area contributed by atoms with Gasteiger partial charge < -0.3 is 9.64 Å². The summed E-state index contributed by atoms with van der Waals surface area (Å²) in [5.41, 5.74) is 2.98. The molecule has 1 aliphatic carbocycles. The zero-order valence-electron chi connectivity index (χ0n) is 21.0. The molecule has 1 aromatic heterocycles. The molecule has 1 atom stereocenters. The quantitative estimate of drug-likeness (QED) is 0.342. The number of fused-ring (bicyclic) bond motifs is 1. The highest BCUT2D eigenvalue weighted by atomic mass is 35.5. The largest absolute Gasteiger partial charge is 0.491 e. The lowest BCUT2D eigenvalue weighted by Gasteiger charge is -2.37. The van der Waals surface area contributed by atoms with Crippen LogP contribution < -0.4 is 4.74 Å². The summed E-state index contributed by atoms with van der Waals surface area (Å²) < 4.78 is 34.6. The number of hydrogen-bond acceptors (Lipinski definition) is 5. The third-order valence-corrected chi connectivity index (χ3v) is 10.3. The summed E-state index contributed by atoms with van der Waals surface area (Å²) >= 11 is 7.85. The van der Waals surface area contributed by atoms with Crippen LogP contribution in [-0.4, -0.2) is 49.8 Å². The van der Waals surface area contributed by atoms with Crippen molar-refractivity contribution in [3.05, 3.63) is 80.5 Å². The maximum absolute atomic E-state index is 13.7. The molecule has 1 fully saturated rings. The van der Waals surface area contributed by atoms with Gasteiger partial charge in [-0.3, -0.25) is 4.79 Å². The first-order valence-corrected chi connectivity index (χ1v) is 15.2. The topological polar surface area (TPSA) is 66.9 Å². The summed E-state index contributed by atoms with van der Waals surface area (Å²) in [5.74, 6) is 0.799. The van der Waals surface area contributed by atoms with E-state index in [2.05, 4.69) is 0 Å². The Hall–Kier alpha value is -2.39. The number of aryl methyl sites for hydroxylation is 2. The standard InChI is InChI=1S/C28H31ClN2O4S2/c1-19-3-8-23(9-4-19)37(33,34)30(16-21-5-6-21)17-28(32)31-13-11-27-24(12-14-36-27)26(31)18-35-22-7-10-25(29)20(2)15-22/h3-4,7-10,12,14-15,21,26H,5-6,11,13,16-18H2,1-2H3. The molecule has 0 bridgehead atoms. The van der Waals surface area contributed by atoms with Crippen molar-refractivity contribution >= 4 is 38.9 Å². The van der Waals surface area contributed by atoms with Crippen LogP contribution in [0.4, 0.5) is 0 Å². The minimum absolute atomic E-state index is 0.178. The summed E-state index contributed by atoms with van der Waals surface area (Å²) in [6, 6.07) is 14.1. The van der Waals surface area contributed by atoms with E-state index in [0.717, 1.165) is 36.0 Å². The van der Waals surface area contributed by atoms with Crippen molar-refractivity contribution in [3.63, 3.8) is 0 Å². The van der Waals surface area contributed by atoms with Crippen molar-refractivity contribution in [2.24, 2.45) is 5.92 Å². The van der Waals surface area contributed by atoms with Gasteiger partial charge in [0, 0.05) is 23.0 Å². The van der Waals surface area contributed by atoms with Crippen LogP contribution in [0.15, 0.2) is 58.8 Å². The van der Waals surface area contributed by atoms with Crippen molar-refractivity contribution in [2.45, 2.75) is 44.0 Å². The number of halogens is 1. The molecule has 1 unspecified atom stereocenters. The van der Waals surface area contributed by atoms with Crippen LogP contribution in [0.3, 0.4) is 0 Å². The monoisotopic (exact) mass is 558 g/mol. The first-order chi connectivity index (χ1) is 17.7. The average molecular weight is 559 g/mol. The predicted octanol–water partition coefficient (Wildman–Crippen LogP) is 5.62. The molecule has 5 rings (SSSR count). The number of carbonyl (C=O) groups excluding carboxylic acids is 1. The summed E-state index contributed by atoms with van der Waals surface area (Å²) in [4.78, 5) is 17.0. The van der Waals surface area contributed by atoms with E-state index in [1.165, 1.54) is 9.18 Å². The summed E-state index contributed by atoms with van der Waals surface area (Å²) in [7, 11) is -3.79. The molecule has 37 heavy (non-hydrogen) atoms. The van der Waals surface area contributed by atoms with Crippen LogP contribution in [-0.2, 0) is 21.2 Å². The highest BCUT2D eigenvalue weighted by Crippen LogP contribution is 2.35. The summed E-state index contributed by atoms with van der Waals surface area (Å²) in [6.07, 6.45) is 2.74. The molecular formula is C28H31ClN2O4S2. The van der Waals surface area contributed by atoms with E-state index in [4.69, 9.17) is 16.3 Å². The average Bonchev–Trinajstić information content (AvgIpc) is 3.56. The van der Waals surface area contributed by atoms with Crippen LogP contribution in [0.5, 0.6) is 5.75 Å². The summed E-state index contributed by atoms with van der Waals surface area (Å²) in [5, 5.41) is 2.71. The molecular weight excluding hydrogens is 528 g/mol. The second kappa shape index (κ2) is 10.8. The molecule has 0 radical (unpaired) electrons. The van der Waals surface area contributed by atoms with Crippen molar-refractivity contribution in [2.75, 3.05) is 26.2 Å². The lowest BCUT2D eigenvalue weighted by atomic mass is 10.0. The fourth-order valence-corrected chi connectivity index (χ4v) is 7.21. The van der Waals surface area contributed by atoms with Crippen molar-refractivity contribution in [1.82, 2.24) is 9.21 Å². The Morgan fingerprint density at radius 2 is 1.89 bits per heavy atom. The van der Waals surface area contributed by atoms with Crippen LogP contribution in [0.2, 0.25) is 5.02 Å². The molecule has 2 heterocycles. The maximum atomic E-state index is 13.7. The van der Waals surface area contributed by atoms with E-state index in [1.807, 2.05) is 37.4 Å². The van der Waals surface area contributed by atoms with Crippen LogP contribution in [0.1, 0.15) is 40.5 Å². The van der Waals surface area contributed by atoms with Gasteiger partial charge in [0.15, 0.2) is 0 Å². The molecule has 3 aromatic rings. The Kier molecular flexibility index (Phi) is 7.63. The number of amides is 1. The van der Waals surface area contributed by atoms with E-state index in [1.54, 1.807) is 46.6 Å². The SMILES string of the molecule is Cc1ccc(S(=O)(=O)N(CC(=O)N2CCc3sccc3C2COc2ccc(Cl)c(C)c2)CC2CC2)cc1. The molecule has 2 aromatic carbocycles. The number of rotatable bonds is 9. The van der Waals surface area contributed by atoms with E-state index in [-0.39, 0.29) is 30.0 Å². The number of nitrogens with zero attached hydrogens (tertiary/aromatic N) is 2. The molecule has 196 valence electrons. The Balaban J connectivity index is 1.37. The lowest BCUT2D eigenvalue weighted by molar-refractivity contribution is -0.135. The van der Waals surface area contributed by atoms with Gasteiger partial charge in [-0.1, -0.05) is 29.3 Å². The lowest BCUT2D eigenvalue weighted by Crippen LogP contribution is -2.48. The van der Waals surface area contributed by atoms with E-state index in [0.29, 0.717) is 29.8 Å². The molecule has 0 N–H and O–H groups in total. The molecule has 0 spiro atoms. The smallest absolute Gasteiger partial charge is 0.243 e. The second-order valence-corrected chi connectivity index (χ2v) is 13.3. The zero-order valence-corrected chi connectivity index (χ0v) is 23.4. The maximum Gasteiger partial charge on any atom is 0.243 e. The van der Waals surface area contributed by atoms with Gasteiger partial charge in [0.1, 0.15) is 12.4 Å². The minimum atomic E-state index is -3.79. The number of benzene rings is 2. The van der Waals surface area contributed by atoms with Gasteiger partial charge in [-0.05, 0) is 91.9 Å². The third kappa shape index (κ3) is 5.87. The van der Waals surface area contributed by atoms with Gasteiger partial charge in [0.05, 0.1) is 17.5 Å². The number of carbonyl (C=O) groups is 1. The van der Waals surface area contributed by atoms with Gasteiger partial charge in [0.25, 0.3) is 0 Å². The molecule has 1 aliphatic heterocycles. The van der Waals surface area contributed by atoms with E-state index in [9.17, 15) is 13.2 Å². The first-order valence-electron chi connectivity index (χ1n) is 12.5. The Morgan fingerprint density at radius 3 is 2.59 bits per heavy atom. The first kappa shape index (κ1) is 26.2. The number of ether oxygens (including phenoxy) is 1. The van der Waals surface area contributed by atoms with E-state index >= 15 is 0 Å². The highest BCUT2D eigenvalue weighted by molar-refractivity contribution is 7.89.